The first-order valence-corrected chi connectivity index (χ1v) is 7.19. The SMILES string of the molecule is CB1c2c(oc3ccccc23)C=C(C)N1n1ccc[n+]1C. The first-order valence-electron chi connectivity index (χ1n) is 7.19. The van der Waals surface area contributed by atoms with Crippen molar-refractivity contribution in [2.24, 2.45) is 7.05 Å². The van der Waals surface area contributed by atoms with Crippen molar-refractivity contribution in [3.63, 3.8) is 0 Å². The van der Waals surface area contributed by atoms with E-state index in [4.69, 9.17) is 4.42 Å². The third kappa shape index (κ3) is 1.67. The molecule has 4 rings (SSSR count). The molecule has 0 amide bonds. The second kappa shape index (κ2) is 4.28. The third-order valence-corrected chi connectivity index (χ3v) is 4.21. The van der Waals surface area contributed by atoms with E-state index in [1.54, 1.807) is 0 Å². The molecule has 1 aromatic carbocycles. The second-order valence-electron chi connectivity index (χ2n) is 5.57. The fourth-order valence-electron chi connectivity index (χ4n) is 3.28. The maximum atomic E-state index is 6.01. The molecule has 3 aromatic rings. The quantitative estimate of drug-likeness (QED) is 0.502. The first kappa shape index (κ1) is 12.3. The Kier molecular flexibility index (Phi) is 2.51. The molecule has 0 atom stereocenters. The minimum atomic E-state index is 0.215. The fourth-order valence-corrected chi connectivity index (χ4v) is 3.28. The summed E-state index contributed by atoms with van der Waals surface area (Å²) < 4.78 is 8.08. The Labute approximate surface area is 123 Å². The zero-order chi connectivity index (χ0) is 14.6. The lowest BCUT2D eigenvalue weighted by atomic mass is 9.55. The number of hydrogen-bond donors (Lipinski definition) is 0. The predicted molar refractivity (Wildman–Crippen MR) is 84.9 cm³/mol. The van der Waals surface area contributed by atoms with Crippen LogP contribution in [-0.2, 0) is 7.05 Å². The molecule has 0 saturated heterocycles. The summed E-state index contributed by atoms with van der Waals surface area (Å²) in [7, 11) is 2.04. The maximum Gasteiger partial charge on any atom is 0.437 e. The summed E-state index contributed by atoms with van der Waals surface area (Å²) in [6.07, 6.45) is 6.24. The van der Waals surface area contributed by atoms with Crippen molar-refractivity contribution in [1.82, 2.24) is 4.79 Å². The number of allylic oxidation sites excluding steroid dienone is 1. The van der Waals surface area contributed by atoms with E-state index in [2.05, 4.69) is 52.5 Å². The van der Waals surface area contributed by atoms with Gasteiger partial charge in [0.1, 0.15) is 30.3 Å². The Bertz CT molecular complexity index is 861. The van der Waals surface area contributed by atoms with E-state index in [9.17, 15) is 0 Å². The Morgan fingerprint density at radius 1 is 1.19 bits per heavy atom. The molecule has 1 aliphatic rings. The highest BCUT2D eigenvalue weighted by Gasteiger charge is 2.39. The normalized spacial score (nSPS) is 14.5. The van der Waals surface area contributed by atoms with Crippen molar-refractivity contribution in [3.05, 3.63) is 54.2 Å². The van der Waals surface area contributed by atoms with Gasteiger partial charge in [0.25, 0.3) is 0 Å². The fraction of sp³-hybridized carbons (Fsp3) is 0.188. The predicted octanol–water partition coefficient (Wildman–Crippen LogP) is 1.90. The first-order chi connectivity index (χ1) is 10.2. The van der Waals surface area contributed by atoms with E-state index in [-0.39, 0.29) is 6.85 Å². The van der Waals surface area contributed by atoms with E-state index in [0.29, 0.717) is 0 Å². The van der Waals surface area contributed by atoms with E-state index in [1.807, 2.05) is 31.4 Å². The number of para-hydroxylation sites is 1. The van der Waals surface area contributed by atoms with Gasteiger partial charge in [0.2, 0.25) is 0 Å². The molecular weight excluding hydrogens is 261 g/mol. The highest BCUT2D eigenvalue weighted by Crippen LogP contribution is 2.25. The smallest absolute Gasteiger partial charge is 0.437 e. The maximum absolute atomic E-state index is 6.01. The minimum absolute atomic E-state index is 0.215. The second-order valence-corrected chi connectivity index (χ2v) is 5.57. The number of benzene rings is 1. The van der Waals surface area contributed by atoms with E-state index >= 15 is 0 Å². The number of aromatic nitrogens is 2. The molecule has 0 unspecified atom stereocenters. The number of furan rings is 1. The molecule has 1 aliphatic heterocycles. The molecule has 2 aromatic heterocycles. The van der Waals surface area contributed by atoms with Crippen LogP contribution in [0, 0.1) is 0 Å². The van der Waals surface area contributed by atoms with Crippen LogP contribution in [0.15, 0.2) is 52.8 Å². The molecule has 0 N–H and O–H groups in total. The topological polar surface area (TPSA) is 25.2 Å². The van der Waals surface area contributed by atoms with Crippen LogP contribution >= 0.6 is 0 Å². The zero-order valence-electron chi connectivity index (χ0n) is 12.4. The van der Waals surface area contributed by atoms with Gasteiger partial charge in [-0.3, -0.25) is 0 Å². The molecule has 0 fully saturated rings. The lowest BCUT2D eigenvalue weighted by Crippen LogP contribution is -2.60. The van der Waals surface area contributed by atoms with E-state index in [0.717, 1.165) is 11.3 Å². The Hall–Kier alpha value is -2.43. The number of nitrogens with zero attached hydrogens (tertiary/aromatic N) is 3. The van der Waals surface area contributed by atoms with Crippen molar-refractivity contribution in [2.75, 3.05) is 4.92 Å². The van der Waals surface area contributed by atoms with Crippen LogP contribution < -0.4 is 15.1 Å². The summed E-state index contributed by atoms with van der Waals surface area (Å²) in [5, 5.41) is 1.20. The summed E-state index contributed by atoms with van der Waals surface area (Å²) in [6.45, 7) is 4.55. The van der Waals surface area contributed by atoms with Crippen LogP contribution in [0.5, 0.6) is 0 Å². The molecule has 0 spiro atoms. The van der Waals surface area contributed by atoms with Crippen molar-refractivity contribution >= 4 is 29.4 Å². The summed E-state index contributed by atoms with van der Waals surface area (Å²) in [5.41, 5.74) is 3.38. The van der Waals surface area contributed by atoms with Crippen LogP contribution in [0.2, 0.25) is 6.82 Å². The molecule has 0 saturated carbocycles. The van der Waals surface area contributed by atoms with Gasteiger partial charge < -0.3 is 4.42 Å². The van der Waals surface area contributed by atoms with Gasteiger partial charge >= 0.3 is 6.85 Å². The molecule has 0 radical (unpaired) electrons. The molecule has 4 nitrogen and oxygen atoms in total. The molecule has 0 bridgehead atoms. The van der Waals surface area contributed by atoms with Crippen molar-refractivity contribution in [1.29, 1.82) is 0 Å². The summed E-state index contributed by atoms with van der Waals surface area (Å²) in [5.74, 6) is 0.979. The molecule has 21 heavy (non-hydrogen) atoms. The standard InChI is InChI=1S/C16H17BN3O/c1-12-11-15-16(13-7-4-5-8-14(13)21-15)17(2)20(12)19-10-6-9-18(19)3/h4-11H,1-3H3/q+1. The Balaban J connectivity index is 1.95. The lowest BCUT2D eigenvalue weighted by molar-refractivity contribution is -0.751. The van der Waals surface area contributed by atoms with Crippen LogP contribution in [-0.4, -0.2) is 11.6 Å². The summed E-state index contributed by atoms with van der Waals surface area (Å²) >= 11 is 0. The largest absolute Gasteiger partial charge is 0.457 e. The van der Waals surface area contributed by atoms with Gasteiger partial charge in [0.15, 0.2) is 0 Å². The summed E-state index contributed by atoms with van der Waals surface area (Å²) in [4.78, 5) is 4.41. The van der Waals surface area contributed by atoms with Crippen LogP contribution in [0.4, 0.5) is 0 Å². The van der Waals surface area contributed by atoms with Crippen molar-refractivity contribution in [2.45, 2.75) is 13.7 Å². The average Bonchev–Trinajstić information content (AvgIpc) is 3.02. The van der Waals surface area contributed by atoms with Gasteiger partial charge in [-0.1, -0.05) is 23.0 Å². The molecule has 5 heteroatoms. The minimum Gasteiger partial charge on any atom is -0.457 e. The van der Waals surface area contributed by atoms with Gasteiger partial charge in [-0.05, 0) is 19.8 Å². The van der Waals surface area contributed by atoms with Gasteiger partial charge in [-0.15, -0.1) is 0 Å². The number of rotatable bonds is 1. The van der Waals surface area contributed by atoms with Gasteiger partial charge in [0, 0.05) is 23.0 Å². The molecule has 104 valence electrons. The molecule has 3 heterocycles. The average molecular weight is 278 g/mol. The van der Waals surface area contributed by atoms with Crippen LogP contribution in [0.3, 0.4) is 0 Å². The lowest BCUT2D eigenvalue weighted by Gasteiger charge is -2.26. The summed E-state index contributed by atoms with van der Waals surface area (Å²) in [6, 6.07) is 10.3. The molecular formula is C16H17BN3O+. The van der Waals surface area contributed by atoms with Crippen LogP contribution in [0.1, 0.15) is 12.7 Å². The number of fused-ring (bicyclic) bond motifs is 3. The highest BCUT2D eigenvalue weighted by molar-refractivity contribution is 6.78. The van der Waals surface area contributed by atoms with Gasteiger partial charge in [0.05, 0.1) is 6.20 Å². The van der Waals surface area contributed by atoms with E-state index < -0.39 is 0 Å². The third-order valence-electron chi connectivity index (χ3n) is 4.21. The number of hydrogen-bond acceptors (Lipinski definition) is 2. The van der Waals surface area contributed by atoms with Crippen molar-refractivity contribution in [3.8, 4) is 0 Å². The molecule has 0 aliphatic carbocycles. The monoisotopic (exact) mass is 278 g/mol. The Morgan fingerprint density at radius 3 is 2.76 bits per heavy atom. The van der Waals surface area contributed by atoms with E-state index in [1.165, 1.54) is 16.5 Å². The van der Waals surface area contributed by atoms with Crippen LogP contribution in [0.25, 0.3) is 17.0 Å². The van der Waals surface area contributed by atoms with Crippen molar-refractivity contribution < 1.29 is 9.10 Å². The van der Waals surface area contributed by atoms with Gasteiger partial charge in [-0.25, -0.2) is 4.92 Å². The van der Waals surface area contributed by atoms with Gasteiger partial charge in [-0.2, -0.15) is 4.68 Å². The highest BCUT2D eigenvalue weighted by atomic mass is 16.3. The zero-order valence-corrected chi connectivity index (χ0v) is 12.4. The Morgan fingerprint density at radius 2 is 2.00 bits per heavy atom. The number of aryl methyl sites for hydroxylation is 1.